The van der Waals surface area contributed by atoms with Crippen molar-refractivity contribution in [2.45, 2.75) is 0 Å². The standard InChI is InChI=1S/C18H11N7O2/c26-17(16-20-9-10-25(16)13-4-2-8-21-24-13)23-18-22-15-12(27-18)6-5-11-3-1-7-19-14(11)15/h1-10H,(H,22,23,26). The molecule has 1 N–H and O–H groups in total. The van der Waals surface area contributed by atoms with Gasteiger partial charge in [0.25, 0.3) is 5.91 Å². The van der Waals surface area contributed by atoms with E-state index in [1.165, 1.54) is 10.8 Å². The molecule has 5 aromatic rings. The van der Waals surface area contributed by atoms with Crippen LogP contribution >= 0.6 is 0 Å². The average molecular weight is 357 g/mol. The lowest BCUT2D eigenvalue weighted by Gasteiger charge is -2.04. The van der Waals surface area contributed by atoms with Crippen molar-refractivity contribution in [3.05, 3.63) is 67.0 Å². The summed E-state index contributed by atoms with van der Waals surface area (Å²) in [4.78, 5) is 25.5. The Morgan fingerprint density at radius 3 is 2.81 bits per heavy atom. The average Bonchev–Trinajstić information content (AvgIpc) is 3.35. The van der Waals surface area contributed by atoms with Crippen LogP contribution in [0.5, 0.6) is 0 Å². The molecular formula is C18H11N7O2. The molecule has 9 nitrogen and oxygen atoms in total. The summed E-state index contributed by atoms with van der Waals surface area (Å²) in [6, 6.07) is 11.0. The number of hydrogen-bond acceptors (Lipinski definition) is 7. The van der Waals surface area contributed by atoms with Crippen LogP contribution in [-0.2, 0) is 0 Å². The van der Waals surface area contributed by atoms with Gasteiger partial charge < -0.3 is 4.42 Å². The summed E-state index contributed by atoms with van der Waals surface area (Å²) in [5.74, 6) is 0.142. The molecule has 0 aliphatic heterocycles. The highest BCUT2D eigenvalue weighted by Gasteiger charge is 2.18. The van der Waals surface area contributed by atoms with E-state index in [0.29, 0.717) is 22.4 Å². The number of amides is 1. The van der Waals surface area contributed by atoms with Gasteiger partial charge in [-0.25, -0.2) is 4.98 Å². The van der Waals surface area contributed by atoms with Gasteiger partial charge in [0.15, 0.2) is 11.4 Å². The maximum atomic E-state index is 12.7. The minimum absolute atomic E-state index is 0.0712. The van der Waals surface area contributed by atoms with Gasteiger partial charge in [-0.05, 0) is 30.3 Å². The molecule has 0 unspecified atom stereocenters. The molecule has 0 radical (unpaired) electrons. The van der Waals surface area contributed by atoms with Crippen LogP contribution in [0.4, 0.5) is 6.01 Å². The third-order valence-corrected chi connectivity index (χ3v) is 4.00. The van der Waals surface area contributed by atoms with Gasteiger partial charge in [0.2, 0.25) is 5.82 Å². The summed E-state index contributed by atoms with van der Waals surface area (Å²) < 4.78 is 7.17. The Morgan fingerprint density at radius 1 is 1.00 bits per heavy atom. The lowest BCUT2D eigenvalue weighted by Crippen LogP contribution is -2.18. The van der Waals surface area contributed by atoms with E-state index >= 15 is 0 Å². The molecule has 4 heterocycles. The van der Waals surface area contributed by atoms with Crippen LogP contribution in [-0.4, -0.2) is 35.6 Å². The normalized spacial score (nSPS) is 11.1. The van der Waals surface area contributed by atoms with Gasteiger partial charge in [-0.3, -0.25) is 19.7 Å². The zero-order chi connectivity index (χ0) is 18.2. The maximum absolute atomic E-state index is 12.7. The van der Waals surface area contributed by atoms with Gasteiger partial charge in [-0.1, -0.05) is 6.07 Å². The third-order valence-electron chi connectivity index (χ3n) is 4.00. The van der Waals surface area contributed by atoms with Gasteiger partial charge in [0.1, 0.15) is 5.52 Å². The topological polar surface area (TPSA) is 112 Å². The number of nitrogens with zero attached hydrogens (tertiary/aromatic N) is 6. The van der Waals surface area contributed by atoms with Gasteiger partial charge in [-0.15, -0.1) is 5.10 Å². The number of oxazole rings is 1. The number of hydrogen-bond donors (Lipinski definition) is 1. The van der Waals surface area contributed by atoms with Crippen LogP contribution in [0.15, 0.2) is 65.6 Å². The highest BCUT2D eigenvalue weighted by Crippen LogP contribution is 2.26. The molecule has 0 spiro atoms. The Balaban J connectivity index is 1.50. The zero-order valence-corrected chi connectivity index (χ0v) is 13.8. The highest BCUT2D eigenvalue weighted by atomic mass is 16.4. The van der Waals surface area contributed by atoms with Crippen LogP contribution in [0.3, 0.4) is 0 Å². The van der Waals surface area contributed by atoms with Crippen molar-refractivity contribution < 1.29 is 9.21 Å². The number of nitrogens with one attached hydrogen (secondary N) is 1. The largest absolute Gasteiger partial charge is 0.423 e. The first-order chi connectivity index (χ1) is 13.3. The van der Waals surface area contributed by atoms with Crippen molar-refractivity contribution in [1.82, 2.24) is 29.7 Å². The van der Waals surface area contributed by atoms with E-state index in [9.17, 15) is 4.79 Å². The summed E-state index contributed by atoms with van der Waals surface area (Å²) in [5, 5.41) is 11.4. The summed E-state index contributed by atoms with van der Waals surface area (Å²) in [6.45, 7) is 0. The fraction of sp³-hybridized carbons (Fsp3) is 0. The van der Waals surface area contributed by atoms with Gasteiger partial charge in [0.05, 0.1) is 5.52 Å². The van der Waals surface area contributed by atoms with Crippen molar-refractivity contribution in [2.75, 3.05) is 5.32 Å². The lowest BCUT2D eigenvalue weighted by atomic mass is 10.2. The smallest absolute Gasteiger partial charge is 0.302 e. The highest BCUT2D eigenvalue weighted by molar-refractivity contribution is 6.04. The summed E-state index contributed by atoms with van der Waals surface area (Å²) in [7, 11) is 0. The SMILES string of the molecule is O=C(Nc1nc2c(ccc3cccnc32)o1)c1nccn1-c1cccnn1. The monoisotopic (exact) mass is 357 g/mol. The van der Waals surface area contributed by atoms with Crippen molar-refractivity contribution in [3.63, 3.8) is 0 Å². The van der Waals surface area contributed by atoms with Crippen molar-refractivity contribution in [2.24, 2.45) is 0 Å². The van der Waals surface area contributed by atoms with E-state index in [4.69, 9.17) is 4.42 Å². The van der Waals surface area contributed by atoms with E-state index in [-0.39, 0.29) is 11.8 Å². The molecule has 1 amide bonds. The molecule has 0 aliphatic rings. The number of carbonyl (C=O) groups excluding carboxylic acids is 1. The van der Waals surface area contributed by atoms with E-state index in [0.717, 1.165) is 5.39 Å². The summed E-state index contributed by atoms with van der Waals surface area (Å²) in [6.07, 6.45) is 6.37. The predicted molar refractivity (Wildman–Crippen MR) is 96.4 cm³/mol. The number of carbonyl (C=O) groups is 1. The first-order valence-corrected chi connectivity index (χ1v) is 8.07. The molecule has 0 saturated heterocycles. The molecule has 9 heteroatoms. The number of rotatable bonds is 3. The van der Waals surface area contributed by atoms with Crippen LogP contribution in [0.2, 0.25) is 0 Å². The Morgan fingerprint density at radius 2 is 1.93 bits per heavy atom. The fourth-order valence-electron chi connectivity index (χ4n) is 2.81. The van der Waals surface area contributed by atoms with Crippen molar-refractivity contribution in [1.29, 1.82) is 0 Å². The van der Waals surface area contributed by atoms with Crippen LogP contribution < -0.4 is 5.32 Å². The number of benzene rings is 1. The molecule has 4 aromatic heterocycles. The number of aromatic nitrogens is 6. The van der Waals surface area contributed by atoms with E-state index in [2.05, 4.69) is 30.5 Å². The Labute approximate surface area is 151 Å². The number of anilines is 1. The second-order valence-corrected chi connectivity index (χ2v) is 5.66. The zero-order valence-electron chi connectivity index (χ0n) is 13.8. The minimum Gasteiger partial charge on any atom is -0.423 e. The third kappa shape index (κ3) is 2.58. The molecular weight excluding hydrogens is 346 g/mol. The molecule has 0 atom stereocenters. The Bertz CT molecular complexity index is 1280. The summed E-state index contributed by atoms with van der Waals surface area (Å²) in [5.41, 5.74) is 1.83. The minimum atomic E-state index is -0.477. The second kappa shape index (κ2) is 5.99. The molecule has 0 saturated carbocycles. The quantitative estimate of drug-likeness (QED) is 0.528. The maximum Gasteiger partial charge on any atom is 0.302 e. The van der Waals surface area contributed by atoms with Gasteiger partial charge >= 0.3 is 6.01 Å². The Kier molecular flexibility index (Phi) is 3.36. The molecule has 27 heavy (non-hydrogen) atoms. The Hall–Kier alpha value is -4.14. The molecule has 0 aliphatic carbocycles. The first kappa shape index (κ1) is 15.1. The van der Waals surface area contributed by atoms with Crippen LogP contribution in [0.1, 0.15) is 10.6 Å². The van der Waals surface area contributed by atoms with E-state index in [1.54, 1.807) is 36.8 Å². The molecule has 130 valence electrons. The molecule has 5 rings (SSSR count). The molecule has 1 aromatic carbocycles. The van der Waals surface area contributed by atoms with Crippen LogP contribution in [0.25, 0.3) is 27.8 Å². The van der Waals surface area contributed by atoms with Crippen LogP contribution in [0, 0.1) is 0 Å². The number of imidazole rings is 1. The fourth-order valence-corrected chi connectivity index (χ4v) is 2.81. The summed E-state index contributed by atoms with van der Waals surface area (Å²) >= 11 is 0. The van der Waals surface area contributed by atoms with E-state index < -0.39 is 5.91 Å². The van der Waals surface area contributed by atoms with Gasteiger partial charge in [-0.2, -0.15) is 10.1 Å². The second-order valence-electron chi connectivity index (χ2n) is 5.66. The van der Waals surface area contributed by atoms with Crippen molar-refractivity contribution >= 4 is 33.9 Å². The van der Waals surface area contributed by atoms with Gasteiger partial charge in [0, 0.05) is 30.2 Å². The van der Waals surface area contributed by atoms with Crippen molar-refractivity contribution in [3.8, 4) is 5.82 Å². The first-order valence-electron chi connectivity index (χ1n) is 8.07. The predicted octanol–water partition coefficient (Wildman–Crippen LogP) is 2.60. The molecule has 0 bridgehead atoms. The lowest BCUT2D eigenvalue weighted by molar-refractivity contribution is 0.101. The number of fused-ring (bicyclic) bond motifs is 3. The number of pyridine rings is 1. The molecule has 0 fully saturated rings. The van der Waals surface area contributed by atoms with E-state index in [1.807, 2.05) is 18.2 Å².